The van der Waals surface area contributed by atoms with E-state index >= 15 is 0 Å². The minimum Gasteiger partial charge on any atom is -0.437 e. The number of furan rings is 1. The fourth-order valence-corrected chi connectivity index (χ4v) is 4.78. The molecule has 2 fully saturated rings. The first kappa shape index (κ1) is 12.7. The van der Waals surface area contributed by atoms with Crippen LogP contribution in [0.5, 0.6) is 0 Å². The third-order valence-corrected chi connectivity index (χ3v) is 5.87. The van der Waals surface area contributed by atoms with Crippen molar-refractivity contribution in [2.75, 3.05) is 13.1 Å². The smallest absolute Gasteiger partial charge is 0.227 e. The van der Waals surface area contributed by atoms with Crippen LogP contribution in [0, 0.1) is 12.8 Å². The van der Waals surface area contributed by atoms with Gasteiger partial charge in [-0.1, -0.05) is 12.1 Å². The topological polar surface area (TPSA) is 29.3 Å². The molecule has 4 unspecified atom stereocenters. The molecule has 4 atom stereocenters. The number of hydrogen-bond donors (Lipinski definition) is 0. The Hall–Kier alpha value is -1.87. The van der Waals surface area contributed by atoms with Crippen LogP contribution in [0.4, 0.5) is 0 Å². The Kier molecular flexibility index (Phi) is 2.49. The SMILES string of the molecule is Cc1ccc2c(oc3ncccc32)c1C1C2CCN(C2)C1C. The van der Waals surface area contributed by atoms with Crippen LogP contribution >= 0.6 is 0 Å². The molecule has 0 amide bonds. The van der Waals surface area contributed by atoms with E-state index in [4.69, 9.17) is 4.42 Å². The van der Waals surface area contributed by atoms with Gasteiger partial charge in [0.2, 0.25) is 5.71 Å². The van der Waals surface area contributed by atoms with E-state index in [0.29, 0.717) is 12.0 Å². The van der Waals surface area contributed by atoms with Crippen molar-refractivity contribution in [3.63, 3.8) is 0 Å². The molecule has 2 aliphatic rings. The second-order valence-corrected chi connectivity index (χ2v) is 6.94. The lowest BCUT2D eigenvalue weighted by Gasteiger charge is -2.30. The molecule has 3 aromatic rings. The molecule has 2 bridgehead atoms. The zero-order valence-electron chi connectivity index (χ0n) is 13.0. The van der Waals surface area contributed by atoms with E-state index in [2.05, 4.69) is 41.9 Å². The van der Waals surface area contributed by atoms with E-state index in [-0.39, 0.29) is 0 Å². The molecule has 5 rings (SSSR count). The maximum atomic E-state index is 6.20. The average Bonchev–Trinajstić information content (AvgIpc) is 3.20. The van der Waals surface area contributed by atoms with Crippen LogP contribution in [0.2, 0.25) is 0 Å². The van der Waals surface area contributed by atoms with Crippen LogP contribution in [-0.2, 0) is 0 Å². The normalized spacial score (nSPS) is 30.6. The van der Waals surface area contributed by atoms with Gasteiger partial charge in [-0.15, -0.1) is 0 Å². The largest absolute Gasteiger partial charge is 0.437 e. The van der Waals surface area contributed by atoms with Gasteiger partial charge in [0.15, 0.2) is 0 Å². The van der Waals surface area contributed by atoms with Gasteiger partial charge in [0, 0.05) is 41.0 Å². The lowest BCUT2D eigenvalue weighted by molar-refractivity contribution is 0.256. The number of hydrogen-bond acceptors (Lipinski definition) is 3. The number of fused-ring (bicyclic) bond motifs is 5. The molecule has 22 heavy (non-hydrogen) atoms. The summed E-state index contributed by atoms with van der Waals surface area (Å²) in [6.07, 6.45) is 3.13. The molecule has 0 aliphatic carbocycles. The fourth-order valence-electron chi connectivity index (χ4n) is 4.78. The first-order valence-electron chi connectivity index (χ1n) is 8.25. The van der Waals surface area contributed by atoms with E-state index in [1.165, 1.54) is 36.0 Å². The lowest BCUT2D eigenvalue weighted by Crippen LogP contribution is -2.32. The molecule has 1 aromatic carbocycles. The Morgan fingerprint density at radius 1 is 1.23 bits per heavy atom. The Bertz CT molecular complexity index is 880. The minimum absolute atomic E-state index is 0.595. The van der Waals surface area contributed by atoms with Gasteiger partial charge in [-0.2, -0.15) is 0 Å². The van der Waals surface area contributed by atoms with Gasteiger partial charge in [0.05, 0.1) is 0 Å². The number of nitrogens with zero attached hydrogens (tertiary/aromatic N) is 2. The Labute approximate surface area is 129 Å². The molecular weight excluding hydrogens is 272 g/mol. The van der Waals surface area contributed by atoms with Crippen molar-refractivity contribution < 1.29 is 4.42 Å². The summed E-state index contributed by atoms with van der Waals surface area (Å²) >= 11 is 0. The number of aryl methyl sites for hydroxylation is 1. The molecule has 4 heterocycles. The Morgan fingerprint density at radius 2 is 2.14 bits per heavy atom. The predicted molar refractivity (Wildman–Crippen MR) is 88.1 cm³/mol. The highest BCUT2D eigenvalue weighted by Gasteiger charge is 2.45. The monoisotopic (exact) mass is 292 g/mol. The van der Waals surface area contributed by atoms with Crippen LogP contribution in [0.15, 0.2) is 34.9 Å². The van der Waals surface area contributed by atoms with Gasteiger partial charge in [0.1, 0.15) is 5.58 Å². The van der Waals surface area contributed by atoms with E-state index in [9.17, 15) is 0 Å². The highest BCUT2D eigenvalue weighted by Crippen LogP contribution is 2.48. The molecule has 3 nitrogen and oxygen atoms in total. The minimum atomic E-state index is 0.595. The summed E-state index contributed by atoms with van der Waals surface area (Å²) in [6.45, 7) is 7.12. The molecular formula is C19H20N2O. The maximum Gasteiger partial charge on any atom is 0.227 e. The zero-order chi connectivity index (χ0) is 14.8. The molecule has 0 spiro atoms. The third-order valence-electron chi connectivity index (χ3n) is 5.87. The Balaban J connectivity index is 1.81. The molecule has 3 heteroatoms. The number of rotatable bonds is 1. The average molecular weight is 292 g/mol. The summed E-state index contributed by atoms with van der Waals surface area (Å²) in [5.41, 5.74) is 4.62. The van der Waals surface area contributed by atoms with Crippen molar-refractivity contribution in [1.82, 2.24) is 9.88 Å². The van der Waals surface area contributed by atoms with Crippen LogP contribution in [0.1, 0.15) is 30.4 Å². The first-order chi connectivity index (χ1) is 10.7. The van der Waals surface area contributed by atoms with E-state index in [1.54, 1.807) is 0 Å². The van der Waals surface area contributed by atoms with Crippen molar-refractivity contribution in [2.24, 2.45) is 5.92 Å². The lowest BCUT2D eigenvalue weighted by atomic mass is 9.79. The Morgan fingerprint density at radius 3 is 2.95 bits per heavy atom. The fraction of sp³-hybridized carbons (Fsp3) is 0.421. The van der Waals surface area contributed by atoms with Crippen LogP contribution < -0.4 is 0 Å². The second kappa shape index (κ2) is 4.32. The standard InChI is InChI=1S/C19H20N2O/c1-11-5-6-14-15-4-3-8-20-19(15)22-18(14)16(11)17-12(2)21-9-7-13(17)10-21/h3-6,8,12-13,17H,7,9-10H2,1-2H3. The highest BCUT2D eigenvalue weighted by molar-refractivity contribution is 6.05. The van der Waals surface area contributed by atoms with E-state index in [1.807, 2.05) is 12.3 Å². The van der Waals surface area contributed by atoms with Gasteiger partial charge in [-0.25, -0.2) is 4.98 Å². The van der Waals surface area contributed by atoms with Crippen LogP contribution in [0.25, 0.3) is 22.1 Å². The summed E-state index contributed by atoms with van der Waals surface area (Å²) in [7, 11) is 0. The maximum absolute atomic E-state index is 6.20. The van der Waals surface area contributed by atoms with Crippen molar-refractivity contribution >= 4 is 22.1 Å². The van der Waals surface area contributed by atoms with Crippen molar-refractivity contribution in [1.29, 1.82) is 0 Å². The second-order valence-electron chi connectivity index (χ2n) is 6.94. The summed E-state index contributed by atoms with van der Waals surface area (Å²) in [6, 6.07) is 9.17. The summed E-state index contributed by atoms with van der Waals surface area (Å²) < 4.78 is 6.20. The van der Waals surface area contributed by atoms with Crippen molar-refractivity contribution in [3.05, 3.63) is 41.6 Å². The van der Waals surface area contributed by atoms with Crippen molar-refractivity contribution in [2.45, 2.75) is 32.2 Å². The van der Waals surface area contributed by atoms with Gasteiger partial charge in [0.25, 0.3) is 0 Å². The van der Waals surface area contributed by atoms with Gasteiger partial charge in [-0.3, -0.25) is 4.90 Å². The van der Waals surface area contributed by atoms with Gasteiger partial charge in [-0.05, 0) is 50.4 Å². The zero-order valence-corrected chi connectivity index (χ0v) is 13.0. The number of piperidine rings is 1. The van der Waals surface area contributed by atoms with Crippen molar-refractivity contribution in [3.8, 4) is 0 Å². The number of pyridine rings is 1. The van der Waals surface area contributed by atoms with E-state index < -0.39 is 0 Å². The third kappa shape index (κ3) is 1.52. The van der Waals surface area contributed by atoms with E-state index in [0.717, 1.165) is 22.6 Å². The first-order valence-corrected chi connectivity index (χ1v) is 8.25. The molecule has 0 saturated carbocycles. The van der Waals surface area contributed by atoms with Gasteiger partial charge >= 0.3 is 0 Å². The highest BCUT2D eigenvalue weighted by atomic mass is 16.3. The number of aromatic nitrogens is 1. The molecule has 2 aromatic heterocycles. The van der Waals surface area contributed by atoms with Gasteiger partial charge < -0.3 is 4.42 Å². The summed E-state index contributed by atoms with van der Waals surface area (Å²) in [5.74, 6) is 1.37. The molecule has 0 radical (unpaired) electrons. The molecule has 2 aliphatic heterocycles. The number of benzene rings is 1. The summed E-state index contributed by atoms with van der Waals surface area (Å²) in [4.78, 5) is 7.04. The van der Waals surface area contributed by atoms with Crippen LogP contribution in [-0.4, -0.2) is 29.0 Å². The molecule has 2 saturated heterocycles. The quantitative estimate of drug-likeness (QED) is 0.676. The van der Waals surface area contributed by atoms with Crippen LogP contribution in [0.3, 0.4) is 0 Å². The molecule has 112 valence electrons. The predicted octanol–water partition coefficient (Wildman–Crippen LogP) is 4.10. The molecule has 0 N–H and O–H groups in total. The summed E-state index contributed by atoms with van der Waals surface area (Å²) in [5, 5.41) is 2.35.